The van der Waals surface area contributed by atoms with Gasteiger partial charge in [-0.15, -0.1) is 0 Å². The third-order valence-corrected chi connectivity index (χ3v) is 5.67. The summed E-state index contributed by atoms with van der Waals surface area (Å²) in [6, 6.07) is 29.1. The molecule has 4 rings (SSSR count). The molecule has 0 aromatic heterocycles. The van der Waals surface area contributed by atoms with Gasteiger partial charge in [0.25, 0.3) is 11.8 Å². The largest absolute Gasteiger partial charge is 0.490 e. The molecule has 6 nitrogen and oxygen atoms in total. The van der Waals surface area contributed by atoms with Crippen LogP contribution in [0.3, 0.4) is 0 Å². The van der Waals surface area contributed by atoms with Crippen LogP contribution in [-0.2, 0) is 0 Å². The molecule has 182 valence electrons. The molecule has 0 saturated heterocycles. The minimum atomic E-state index is -0.374. The summed E-state index contributed by atoms with van der Waals surface area (Å²) in [6.45, 7) is 4.62. The van der Waals surface area contributed by atoms with Crippen LogP contribution in [0.2, 0.25) is 0 Å². The predicted octanol–water partition coefficient (Wildman–Crippen LogP) is 6.27. The Morgan fingerprint density at radius 2 is 1.28 bits per heavy atom. The van der Waals surface area contributed by atoms with E-state index in [0.29, 0.717) is 34.9 Å². The molecule has 0 aliphatic rings. The highest BCUT2D eigenvalue weighted by Crippen LogP contribution is 2.23. The van der Waals surface area contributed by atoms with Crippen molar-refractivity contribution in [3.8, 4) is 11.5 Å². The van der Waals surface area contributed by atoms with E-state index in [1.807, 2.05) is 62.4 Å². The lowest BCUT2D eigenvalue weighted by molar-refractivity contribution is 0.102. The Morgan fingerprint density at radius 3 is 2.06 bits per heavy atom. The lowest BCUT2D eigenvalue weighted by Crippen LogP contribution is -2.19. The smallest absolute Gasteiger partial charge is 0.259 e. The fourth-order valence-electron chi connectivity index (χ4n) is 3.61. The Bertz CT molecular complexity index is 1350. The van der Waals surface area contributed by atoms with E-state index >= 15 is 0 Å². The number of carbonyl (C=O) groups excluding carboxylic acids is 2. The quantitative estimate of drug-likeness (QED) is 0.277. The molecule has 6 heteroatoms. The summed E-state index contributed by atoms with van der Waals surface area (Å²) in [7, 11) is 0. The van der Waals surface area contributed by atoms with E-state index in [1.54, 1.807) is 48.5 Å². The molecule has 0 radical (unpaired) electrons. The summed E-state index contributed by atoms with van der Waals surface area (Å²) in [4.78, 5) is 26.2. The van der Waals surface area contributed by atoms with Gasteiger partial charge in [-0.1, -0.05) is 48.5 Å². The minimum absolute atomic E-state index is 0.272. The van der Waals surface area contributed by atoms with Crippen LogP contribution < -0.4 is 20.1 Å². The Labute approximate surface area is 210 Å². The average Bonchev–Trinajstić information content (AvgIpc) is 2.90. The summed E-state index contributed by atoms with van der Waals surface area (Å²) in [5, 5.41) is 5.77. The van der Waals surface area contributed by atoms with Gasteiger partial charge in [-0.2, -0.15) is 0 Å². The fraction of sp³-hybridized carbons (Fsp3) is 0.133. The molecule has 0 atom stereocenters. The number of benzene rings is 4. The first-order chi connectivity index (χ1) is 17.5. The molecule has 2 N–H and O–H groups in total. The van der Waals surface area contributed by atoms with Crippen molar-refractivity contribution >= 4 is 23.2 Å². The van der Waals surface area contributed by atoms with Crippen molar-refractivity contribution in [1.82, 2.24) is 0 Å². The maximum atomic E-state index is 13.2. The minimum Gasteiger partial charge on any atom is -0.490 e. The summed E-state index contributed by atoms with van der Waals surface area (Å²) in [6.07, 6.45) is 0. The summed E-state index contributed by atoms with van der Waals surface area (Å²) in [5.41, 5.74) is 4.06. The zero-order chi connectivity index (χ0) is 25.3. The topological polar surface area (TPSA) is 76.7 Å². The number of hydrogen-bond acceptors (Lipinski definition) is 4. The number of para-hydroxylation sites is 3. The SMILES string of the molecule is Cc1ccc(NC(=O)c2ccccc2NC(=O)c2ccccc2OCCOc2ccccc2)cc1C. The monoisotopic (exact) mass is 480 g/mol. The van der Waals surface area contributed by atoms with E-state index in [4.69, 9.17) is 9.47 Å². The van der Waals surface area contributed by atoms with Gasteiger partial charge in [0.05, 0.1) is 16.8 Å². The lowest BCUT2D eigenvalue weighted by Gasteiger charge is -2.14. The fourth-order valence-corrected chi connectivity index (χ4v) is 3.61. The number of rotatable bonds is 9. The molecule has 0 aliphatic carbocycles. The van der Waals surface area contributed by atoms with E-state index in [-0.39, 0.29) is 18.4 Å². The standard InChI is InChI=1S/C30H28N2O4/c1-21-16-17-23(20-22(21)2)31-29(33)25-12-6-8-14-27(25)32-30(34)26-13-7-9-15-28(26)36-19-18-35-24-10-4-3-5-11-24/h3-17,20H,18-19H2,1-2H3,(H,31,33)(H,32,34). The molecule has 0 aliphatic heterocycles. The molecule has 2 amide bonds. The van der Waals surface area contributed by atoms with Gasteiger partial charge in [0.15, 0.2) is 0 Å². The average molecular weight is 481 g/mol. The van der Waals surface area contributed by atoms with Crippen molar-refractivity contribution in [2.45, 2.75) is 13.8 Å². The molecule has 0 fully saturated rings. The Morgan fingerprint density at radius 1 is 0.639 bits per heavy atom. The number of amides is 2. The van der Waals surface area contributed by atoms with Gasteiger partial charge in [0, 0.05) is 5.69 Å². The third-order valence-electron chi connectivity index (χ3n) is 5.67. The molecule has 4 aromatic rings. The Balaban J connectivity index is 1.43. The summed E-state index contributed by atoms with van der Waals surface area (Å²) in [5.74, 6) is 0.504. The highest BCUT2D eigenvalue weighted by Gasteiger charge is 2.17. The van der Waals surface area contributed by atoms with Gasteiger partial charge in [-0.3, -0.25) is 9.59 Å². The first-order valence-electron chi connectivity index (χ1n) is 11.7. The van der Waals surface area contributed by atoms with Gasteiger partial charge in [-0.05, 0) is 73.5 Å². The van der Waals surface area contributed by atoms with Crippen LogP contribution in [0.5, 0.6) is 11.5 Å². The van der Waals surface area contributed by atoms with E-state index in [1.165, 1.54) is 0 Å². The van der Waals surface area contributed by atoms with Crippen LogP contribution >= 0.6 is 0 Å². The molecule has 0 bridgehead atoms. The van der Waals surface area contributed by atoms with Crippen molar-refractivity contribution in [3.63, 3.8) is 0 Å². The van der Waals surface area contributed by atoms with Crippen LogP contribution in [0.25, 0.3) is 0 Å². The molecule has 0 heterocycles. The maximum Gasteiger partial charge on any atom is 0.259 e. The van der Waals surface area contributed by atoms with Gasteiger partial charge in [0.1, 0.15) is 24.7 Å². The lowest BCUT2D eigenvalue weighted by atomic mass is 10.1. The third kappa shape index (κ3) is 6.30. The molecular formula is C30H28N2O4. The second-order valence-corrected chi connectivity index (χ2v) is 8.26. The van der Waals surface area contributed by atoms with Gasteiger partial charge >= 0.3 is 0 Å². The molecule has 0 saturated carbocycles. The van der Waals surface area contributed by atoms with Crippen LogP contribution in [0.1, 0.15) is 31.8 Å². The second kappa shape index (κ2) is 11.7. The number of carbonyl (C=O) groups is 2. The summed E-state index contributed by atoms with van der Waals surface area (Å²) < 4.78 is 11.5. The zero-order valence-electron chi connectivity index (χ0n) is 20.3. The first-order valence-corrected chi connectivity index (χ1v) is 11.7. The van der Waals surface area contributed by atoms with E-state index in [2.05, 4.69) is 10.6 Å². The van der Waals surface area contributed by atoms with E-state index in [9.17, 15) is 9.59 Å². The number of anilines is 2. The Hall–Kier alpha value is -4.58. The van der Waals surface area contributed by atoms with Crippen molar-refractivity contribution in [2.75, 3.05) is 23.8 Å². The number of nitrogens with one attached hydrogen (secondary N) is 2. The van der Waals surface area contributed by atoms with Crippen LogP contribution in [0.4, 0.5) is 11.4 Å². The van der Waals surface area contributed by atoms with Crippen molar-refractivity contribution < 1.29 is 19.1 Å². The van der Waals surface area contributed by atoms with Gasteiger partial charge in [-0.25, -0.2) is 0 Å². The number of hydrogen-bond donors (Lipinski definition) is 2. The predicted molar refractivity (Wildman–Crippen MR) is 142 cm³/mol. The van der Waals surface area contributed by atoms with Crippen LogP contribution in [0.15, 0.2) is 97.1 Å². The molecule has 0 spiro atoms. The van der Waals surface area contributed by atoms with Crippen molar-refractivity contribution in [1.29, 1.82) is 0 Å². The normalized spacial score (nSPS) is 10.4. The van der Waals surface area contributed by atoms with Gasteiger partial charge < -0.3 is 20.1 Å². The zero-order valence-corrected chi connectivity index (χ0v) is 20.3. The highest BCUT2D eigenvalue weighted by atomic mass is 16.5. The van der Waals surface area contributed by atoms with E-state index in [0.717, 1.165) is 16.9 Å². The summed E-state index contributed by atoms with van der Waals surface area (Å²) >= 11 is 0. The van der Waals surface area contributed by atoms with Crippen molar-refractivity contribution in [2.24, 2.45) is 0 Å². The Kier molecular flexibility index (Phi) is 7.98. The number of aryl methyl sites for hydroxylation is 2. The molecule has 4 aromatic carbocycles. The van der Waals surface area contributed by atoms with Crippen molar-refractivity contribution in [3.05, 3.63) is 119 Å². The molecule has 0 unspecified atom stereocenters. The van der Waals surface area contributed by atoms with Crippen LogP contribution in [0, 0.1) is 13.8 Å². The maximum absolute atomic E-state index is 13.2. The molecular weight excluding hydrogens is 452 g/mol. The van der Waals surface area contributed by atoms with E-state index < -0.39 is 0 Å². The second-order valence-electron chi connectivity index (χ2n) is 8.26. The molecule has 36 heavy (non-hydrogen) atoms. The highest BCUT2D eigenvalue weighted by molar-refractivity contribution is 6.13. The number of ether oxygens (including phenoxy) is 2. The van der Waals surface area contributed by atoms with Gasteiger partial charge in [0.2, 0.25) is 0 Å². The van der Waals surface area contributed by atoms with Crippen LogP contribution in [-0.4, -0.2) is 25.0 Å². The first kappa shape index (κ1) is 24.5.